The molecule has 0 saturated carbocycles. The standard InChI is InChI=1S/C18H24N2O3S2.C3H8O.C2H6/c1-11(21)12(2)24-13(3)15-5-7-16(8-6-15)18-20(10-9-19-23)17(22)14(4)25-18;1-2-3-4;1-2/h5-8,12-14,18H,9-10H2,1-4H3;4H,2-3H2,1H3;1-2H3. The SMILES string of the molecule is CC.CC(=O)C(C)SC(C)c1ccc(C2SC(C)C(=O)N2CCN=O)cc1.CCCO. The number of hydrogen-bond acceptors (Lipinski definition) is 7. The Hall–Kier alpha value is -1.38. The van der Waals surface area contributed by atoms with Gasteiger partial charge in [0.25, 0.3) is 0 Å². The van der Waals surface area contributed by atoms with Crippen LogP contribution < -0.4 is 0 Å². The normalized spacial score (nSPS) is 19.5. The number of rotatable bonds is 9. The van der Waals surface area contributed by atoms with E-state index in [0.717, 1.165) is 17.5 Å². The maximum atomic E-state index is 12.3. The summed E-state index contributed by atoms with van der Waals surface area (Å²) in [7, 11) is 0. The molecule has 1 saturated heterocycles. The highest BCUT2D eigenvalue weighted by Crippen LogP contribution is 2.43. The topological polar surface area (TPSA) is 87.0 Å². The zero-order valence-electron chi connectivity index (χ0n) is 19.8. The number of Topliss-reactive ketones (excluding diaryl/α,β-unsaturated/α-hetero) is 1. The van der Waals surface area contributed by atoms with Crippen molar-refractivity contribution in [1.29, 1.82) is 0 Å². The van der Waals surface area contributed by atoms with Crippen LogP contribution in [0.5, 0.6) is 0 Å². The van der Waals surface area contributed by atoms with Crippen molar-refractivity contribution in [3.05, 3.63) is 40.3 Å². The van der Waals surface area contributed by atoms with Gasteiger partial charge in [0.2, 0.25) is 5.91 Å². The molecule has 0 bridgehead atoms. The summed E-state index contributed by atoms with van der Waals surface area (Å²) in [4.78, 5) is 35.9. The molecule has 31 heavy (non-hydrogen) atoms. The van der Waals surface area contributed by atoms with E-state index in [0.29, 0.717) is 13.2 Å². The molecular formula is C23H38N2O4S2. The number of thioether (sulfide) groups is 2. The molecule has 0 spiro atoms. The smallest absolute Gasteiger partial charge is 0.236 e. The predicted molar refractivity (Wildman–Crippen MR) is 133 cm³/mol. The Kier molecular flexibility index (Phi) is 15.6. The minimum atomic E-state index is -0.109. The van der Waals surface area contributed by atoms with Crippen molar-refractivity contribution in [2.45, 2.75) is 76.0 Å². The summed E-state index contributed by atoms with van der Waals surface area (Å²) in [5, 5.41) is 10.8. The summed E-state index contributed by atoms with van der Waals surface area (Å²) < 4.78 is 0. The highest BCUT2D eigenvalue weighted by Gasteiger charge is 2.38. The number of carbonyl (C=O) groups excluding carboxylic acids is 2. The lowest BCUT2D eigenvalue weighted by atomic mass is 10.1. The van der Waals surface area contributed by atoms with Crippen LogP contribution in [0.3, 0.4) is 0 Å². The van der Waals surface area contributed by atoms with Crippen LogP contribution in [0.15, 0.2) is 29.4 Å². The van der Waals surface area contributed by atoms with Crippen LogP contribution in [0.4, 0.5) is 0 Å². The molecule has 4 atom stereocenters. The van der Waals surface area contributed by atoms with E-state index in [1.807, 2.05) is 46.8 Å². The second-order valence-corrected chi connectivity index (χ2v) is 10.0. The molecule has 6 nitrogen and oxygen atoms in total. The Morgan fingerprint density at radius 3 is 2.26 bits per heavy atom. The molecule has 1 fully saturated rings. The van der Waals surface area contributed by atoms with Gasteiger partial charge in [0.1, 0.15) is 11.2 Å². The molecule has 1 aliphatic rings. The first-order valence-electron chi connectivity index (χ1n) is 10.9. The van der Waals surface area contributed by atoms with Crippen molar-refractivity contribution in [3.63, 3.8) is 0 Å². The fourth-order valence-corrected chi connectivity index (χ4v) is 5.15. The van der Waals surface area contributed by atoms with Crippen LogP contribution in [0.25, 0.3) is 0 Å². The van der Waals surface area contributed by atoms with Crippen molar-refractivity contribution in [1.82, 2.24) is 4.90 Å². The number of nitroso groups, excluding NO2 is 1. The molecule has 0 aromatic heterocycles. The van der Waals surface area contributed by atoms with E-state index in [9.17, 15) is 14.5 Å². The van der Waals surface area contributed by atoms with Crippen LogP contribution in [0, 0.1) is 4.91 Å². The van der Waals surface area contributed by atoms with E-state index >= 15 is 0 Å². The fourth-order valence-electron chi connectivity index (χ4n) is 2.72. The van der Waals surface area contributed by atoms with Crippen LogP contribution in [-0.2, 0) is 9.59 Å². The lowest BCUT2D eigenvalue weighted by molar-refractivity contribution is -0.129. The zero-order valence-corrected chi connectivity index (χ0v) is 21.5. The highest BCUT2D eigenvalue weighted by molar-refractivity contribution is 8.01. The van der Waals surface area contributed by atoms with Gasteiger partial charge in [0.05, 0.1) is 17.0 Å². The molecule has 8 heteroatoms. The summed E-state index contributed by atoms with van der Waals surface area (Å²) >= 11 is 3.24. The lowest BCUT2D eigenvalue weighted by Crippen LogP contribution is -2.32. The molecule has 176 valence electrons. The number of aliphatic hydroxyl groups excluding tert-OH is 1. The van der Waals surface area contributed by atoms with Gasteiger partial charge in [0.15, 0.2) is 0 Å². The maximum Gasteiger partial charge on any atom is 0.236 e. The van der Waals surface area contributed by atoms with Gasteiger partial charge in [-0.1, -0.05) is 50.2 Å². The molecule has 0 aliphatic carbocycles. The molecular weight excluding hydrogens is 432 g/mol. The molecule has 1 N–H and O–H groups in total. The van der Waals surface area contributed by atoms with Gasteiger partial charge in [-0.05, 0) is 45.2 Å². The average Bonchev–Trinajstić information content (AvgIpc) is 3.07. The van der Waals surface area contributed by atoms with Gasteiger partial charge in [-0.15, -0.1) is 23.5 Å². The van der Waals surface area contributed by atoms with Crippen molar-refractivity contribution in [3.8, 4) is 0 Å². The lowest BCUT2D eigenvalue weighted by Gasteiger charge is -2.23. The Bertz CT molecular complexity index is 668. The van der Waals surface area contributed by atoms with Crippen LogP contribution in [0.1, 0.15) is 76.6 Å². The van der Waals surface area contributed by atoms with Crippen LogP contribution in [0.2, 0.25) is 0 Å². The molecule has 1 aromatic rings. The van der Waals surface area contributed by atoms with Crippen LogP contribution >= 0.6 is 23.5 Å². The van der Waals surface area contributed by atoms with Gasteiger partial charge < -0.3 is 10.0 Å². The molecule has 2 rings (SSSR count). The Balaban J connectivity index is 0.00000134. The van der Waals surface area contributed by atoms with Crippen molar-refractivity contribution < 1.29 is 14.7 Å². The van der Waals surface area contributed by atoms with E-state index in [1.165, 1.54) is 0 Å². The quantitative estimate of drug-likeness (QED) is 0.473. The number of ketones is 1. The Morgan fingerprint density at radius 1 is 1.26 bits per heavy atom. The number of carbonyl (C=O) groups is 2. The van der Waals surface area contributed by atoms with Gasteiger partial charge in [0, 0.05) is 18.4 Å². The van der Waals surface area contributed by atoms with E-state index in [-0.39, 0.29) is 39.4 Å². The second kappa shape index (κ2) is 16.3. The first-order valence-corrected chi connectivity index (χ1v) is 12.8. The molecule has 1 amide bonds. The average molecular weight is 471 g/mol. The highest BCUT2D eigenvalue weighted by atomic mass is 32.2. The third kappa shape index (κ3) is 9.74. The molecule has 1 heterocycles. The van der Waals surface area contributed by atoms with E-state index in [2.05, 4.69) is 24.2 Å². The second-order valence-electron chi connectivity index (χ2n) is 6.94. The van der Waals surface area contributed by atoms with E-state index in [1.54, 1.807) is 35.3 Å². The minimum Gasteiger partial charge on any atom is -0.396 e. The first-order chi connectivity index (χ1) is 14.8. The van der Waals surface area contributed by atoms with Gasteiger partial charge in [-0.3, -0.25) is 9.59 Å². The van der Waals surface area contributed by atoms with Crippen LogP contribution in [-0.4, -0.2) is 51.9 Å². The van der Waals surface area contributed by atoms with Gasteiger partial charge >= 0.3 is 0 Å². The summed E-state index contributed by atoms with van der Waals surface area (Å²) in [6.07, 6.45) is 0.875. The van der Waals surface area contributed by atoms with E-state index in [4.69, 9.17) is 5.11 Å². The third-order valence-corrected chi connectivity index (χ3v) is 7.39. The molecule has 4 unspecified atom stereocenters. The van der Waals surface area contributed by atoms with Gasteiger partial charge in [-0.25, -0.2) is 0 Å². The molecule has 0 radical (unpaired) electrons. The Morgan fingerprint density at radius 2 is 1.81 bits per heavy atom. The van der Waals surface area contributed by atoms with E-state index < -0.39 is 0 Å². The maximum absolute atomic E-state index is 12.3. The number of hydrogen-bond donors (Lipinski definition) is 1. The zero-order chi connectivity index (χ0) is 24.0. The largest absolute Gasteiger partial charge is 0.396 e. The Labute approximate surface area is 195 Å². The number of benzene rings is 1. The summed E-state index contributed by atoms with van der Waals surface area (Å²) in [6.45, 7) is 14.3. The fraction of sp³-hybridized carbons (Fsp3) is 0.652. The summed E-state index contributed by atoms with van der Waals surface area (Å²) in [6, 6.07) is 8.19. The summed E-state index contributed by atoms with van der Waals surface area (Å²) in [5.41, 5.74) is 2.21. The minimum absolute atomic E-state index is 0.0233. The van der Waals surface area contributed by atoms with Crippen molar-refractivity contribution in [2.24, 2.45) is 5.18 Å². The van der Waals surface area contributed by atoms with Crippen molar-refractivity contribution in [2.75, 3.05) is 19.7 Å². The van der Waals surface area contributed by atoms with Crippen molar-refractivity contribution >= 4 is 35.2 Å². The molecule has 1 aromatic carbocycles. The third-order valence-electron chi connectivity index (χ3n) is 4.57. The molecule has 1 aliphatic heterocycles. The number of nitrogens with zero attached hydrogens (tertiary/aromatic N) is 2. The number of aliphatic hydroxyl groups is 1. The number of amides is 1. The monoisotopic (exact) mass is 470 g/mol. The summed E-state index contributed by atoms with van der Waals surface area (Å²) in [5.74, 6) is 0.240. The predicted octanol–water partition coefficient (Wildman–Crippen LogP) is 5.60. The van der Waals surface area contributed by atoms with Gasteiger partial charge in [-0.2, -0.15) is 4.91 Å². The first kappa shape index (κ1) is 29.6.